The number of aromatic carboxylic acids is 1. The van der Waals surface area contributed by atoms with E-state index in [1.807, 2.05) is 24.8 Å². The third kappa shape index (κ3) is 4.09. The van der Waals surface area contributed by atoms with Crippen LogP contribution in [0.1, 0.15) is 34.6 Å². The van der Waals surface area contributed by atoms with Crippen molar-refractivity contribution in [3.63, 3.8) is 0 Å². The van der Waals surface area contributed by atoms with Gasteiger partial charge in [-0.25, -0.2) is 19.6 Å². The highest BCUT2D eigenvalue weighted by Gasteiger charge is 2.59. The number of hydrogen-bond donors (Lipinski definition) is 3. The maximum atomic E-state index is 13.4. The number of primary amides is 1. The minimum Gasteiger partial charge on any atom is -0.476 e. The van der Waals surface area contributed by atoms with Gasteiger partial charge in [0.15, 0.2) is 5.69 Å². The van der Waals surface area contributed by atoms with Crippen LogP contribution in [0.3, 0.4) is 0 Å². The molecule has 2 unspecified atom stereocenters. The maximum absolute atomic E-state index is 13.4. The van der Waals surface area contributed by atoms with Gasteiger partial charge in [-0.3, -0.25) is 9.36 Å². The normalized spacial score (nSPS) is 21.2. The first kappa shape index (κ1) is 23.9. The number of carbonyl (C=O) groups is 2. The number of fused-ring (bicyclic) bond motifs is 2. The molecular formula is C24H25ClN6O5. The lowest BCUT2D eigenvalue weighted by Crippen LogP contribution is -2.34. The zero-order valence-electron chi connectivity index (χ0n) is 19.9. The summed E-state index contributed by atoms with van der Waals surface area (Å²) in [5.74, 6) is -0.360. The van der Waals surface area contributed by atoms with Crippen LogP contribution in [-0.2, 0) is 11.8 Å². The number of ether oxygens (including phenoxy) is 1. The fourth-order valence-electron chi connectivity index (χ4n) is 5.12. The Hall–Kier alpha value is -3.86. The molecule has 4 atom stereocenters. The Balaban J connectivity index is 1.51. The van der Waals surface area contributed by atoms with Crippen LogP contribution in [0.15, 0.2) is 29.1 Å². The molecule has 1 saturated carbocycles. The summed E-state index contributed by atoms with van der Waals surface area (Å²) in [6.45, 7) is 4.95. The fraction of sp³-hybridized carbons (Fsp3) is 0.375. The van der Waals surface area contributed by atoms with E-state index in [9.17, 15) is 19.5 Å². The zero-order chi connectivity index (χ0) is 25.9. The van der Waals surface area contributed by atoms with E-state index in [4.69, 9.17) is 27.1 Å². The number of carbonyl (C=O) groups excluding carboxylic acids is 1. The molecule has 1 amide bonds. The minimum atomic E-state index is -1.21. The Kier molecular flexibility index (Phi) is 5.74. The van der Waals surface area contributed by atoms with Crippen LogP contribution in [0, 0.1) is 18.8 Å². The van der Waals surface area contributed by atoms with Crippen LogP contribution < -0.4 is 21.5 Å². The van der Waals surface area contributed by atoms with Crippen molar-refractivity contribution in [2.75, 3.05) is 23.3 Å². The predicted octanol–water partition coefficient (Wildman–Crippen LogP) is 2.69. The van der Waals surface area contributed by atoms with E-state index < -0.39 is 18.1 Å². The van der Waals surface area contributed by atoms with Crippen LogP contribution in [-0.4, -0.2) is 50.9 Å². The van der Waals surface area contributed by atoms with Gasteiger partial charge in [-0.1, -0.05) is 17.7 Å². The molecule has 0 bridgehead atoms. The van der Waals surface area contributed by atoms with Gasteiger partial charge < -0.3 is 25.8 Å². The summed E-state index contributed by atoms with van der Waals surface area (Å²) in [4.78, 5) is 47.0. The van der Waals surface area contributed by atoms with E-state index in [2.05, 4.69) is 10.3 Å². The molecule has 2 aromatic heterocycles. The standard InChI is InChI=1S/C24H25ClN6O5/c1-10-6-12(11(2)27-16-4-5-17(25)28-19(16)22(33)34)18-13(7-10)21(32)30(3)24(29-18)31-8-14-15(9-31)20(14)36-23(26)35/h4-7,11,14-15,20,27H,8-9H2,1-3H3,(H2,26,35)(H,33,34)/t11?,14-,15+,20?. The second kappa shape index (κ2) is 8.66. The molecule has 1 aliphatic heterocycles. The van der Waals surface area contributed by atoms with Gasteiger partial charge in [0.1, 0.15) is 11.3 Å². The van der Waals surface area contributed by atoms with Crippen molar-refractivity contribution in [2.45, 2.75) is 26.0 Å². The number of carboxylic acid groups (broad SMARTS) is 1. The SMILES string of the molecule is Cc1cc(C(C)Nc2ccc(Cl)nc2C(=O)O)c2nc(N3C[C@@H]4C(OC(N)=O)[C@@H]4C3)n(C)c(=O)c2c1. The number of pyridine rings is 1. The van der Waals surface area contributed by atoms with Crippen LogP contribution >= 0.6 is 11.6 Å². The zero-order valence-corrected chi connectivity index (χ0v) is 20.6. The molecule has 4 N–H and O–H groups in total. The number of nitrogens with zero attached hydrogens (tertiary/aromatic N) is 4. The number of nitrogens with two attached hydrogens (primary N) is 1. The first-order chi connectivity index (χ1) is 17.0. The number of halogens is 1. The summed E-state index contributed by atoms with van der Waals surface area (Å²) in [6, 6.07) is 6.40. The van der Waals surface area contributed by atoms with Gasteiger partial charge in [-0.15, -0.1) is 0 Å². The number of carboxylic acids is 1. The number of nitrogens with one attached hydrogen (secondary N) is 1. The number of piperidine rings is 1. The van der Waals surface area contributed by atoms with Crippen LogP contribution in [0.5, 0.6) is 0 Å². The molecule has 1 aliphatic carbocycles. The molecule has 1 aromatic carbocycles. The van der Waals surface area contributed by atoms with Gasteiger partial charge in [0.25, 0.3) is 5.56 Å². The molecule has 3 aromatic rings. The Labute approximate surface area is 210 Å². The second-order valence-electron chi connectivity index (χ2n) is 9.36. The molecule has 11 nitrogen and oxygen atoms in total. The molecule has 12 heteroatoms. The fourth-order valence-corrected chi connectivity index (χ4v) is 5.27. The number of aromatic nitrogens is 3. The Morgan fingerprint density at radius 1 is 1.25 bits per heavy atom. The lowest BCUT2D eigenvalue weighted by Gasteiger charge is -2.25. The third-order valence-electron chi connectivity index (χ3n) is 6.88. The lowest BCUT2D eigenvalue weighted by atomic mass is 10.0. The summed E-state index contributed by atoms with van der Waals surface area (Å²) < 4.78 is 6.68. The molecular weight excluding hydrogens is 488 g/mol. The highest BCUT2D eigenvalue weighted by molar-refractivity contribution is 6.29. The van der Waals surface area contributed by atoms with E-state index >= 15 is 0 Å². The number of anilines is 2. The highest BCUT2D eigenvalue weighted by atomic mass is 35.5. The van der Waals surface area contributed by atoms with Crippen molar-refractivity contribution in [3.8, 4) is 0 Å². The molecule has 2 fully saturated rings. The van der Waals surface area contributed by atoms with Gasteiger partial charge in [-0.2, -0.15) is 0 Å². The van der Waals surface area contributed by atoms with Crippen molar-refractivity contribution in [3.05, 3.63) is 56.6 Å². The number of rotatable bonds is 6. The van der Waals surface area contributed by atoms with E-state index in [0.717, 1.165) is 11.1 Å². The molecule has 1 saturated heterocycles. The quantitative estimate of drug-likeness (QED) is 0.423. The molecule has 188 valence electrons. The first-order valence-corrected chi connectivity index (χ1v) is 11.8. The van der Waals surface area contributed by atoms with Crippen molar-refractivity contribution >= 4 is 46.2 Å². The molecule has 36 heavy (non-hydrogen) atoms. The van der Waals surface area contributed by atoms with E-state index in [1.54, 1.807) is 19.2 Å². The highest BCUT2D eigenvalue weighted by Crippen LogP contribution is 2.48. The Bertz CT molecular complexity index is 1460. The second-order valence-corrected chi connectivity index (χ2v) is 9.75. The van der Waals surface area contributed by atoms with Crippen molar-refractivity contribution in [1.29, 1.82) is 0 Å². The van der Waals surface area contributed by atoms with Crippen molar-refractivity contribution in [2.24, 2.45) is 24.6 Å². The van der Waals surface area contributed by atoms with Gasteiger partial charge in [0.05, 0.1) is 22.6 Å². The average Bonchev–Trinajstić information content (AvgIpc) is 3.23. The molecule has 2 aliphatic rings. The summed E-state index contributed by atoms with van der Waals surface area (Å²) in [5, 5.41) is 13.3. The summed E-state index contributed by atoms with van der Waals surface area (Å²) in [7, 11) is 1.69. The number of benzene rings is 1. The largest absolute Gasteiger partial charge is 0.476 e. The first-order valence-electron chi connectivity index (χ1n) is 11.4. The van der Waals surface area contributed by atoms with Crippen LogP contribution in [0.25, 0.3) is 10.9 Å². The average molecular weight is 513 g/mol. The topological polar surface area (TPSA) is 153 Å². The van der Waals surface area contributed by atoms with Crippen molar-refractivity contribution in [1.82, 2.24) is 14.5 Å². The number of amides is 1. The number of hydrogen-bond acceptors (Lipinski definition) is 8. The van der Waals surface area contributed by atoms with Gasteiger partial charge in [0.2, 0.25) is 5.95 Å². The summed E-state index contributed by atoms with van der Waals surface area (Å²) in [5.41, 5.74) is 7.23. The summed E-state index contributed by atoms with van der Waals surface area (Å²) in [6.07, 6.45) is -0.962. The van der Waals surface area contributed by atoms with E-state index in [0.29, 0.717) is 35.6 Å². The summed E-state index contributed by atoms with van der Waals surface area (Å²) >= 11 is 5.89. The van der Waals surface area contributed by atoms with E-state index in [1.165, 1.54) is 10.6 Å². The third-order valence-corrected chi connectivity index (χ3v) is 7.09. The van der Waals surface area contributed by atoms with Gasteiger partial charge in [0, 0.05) is 37.5 Å². The molecule has 5 rings (SSSR count). The van der Waals surface area contributed by atoms with E-state index in [-0.39, 0.29) is 34.3 Å². The Morgan fingerprint density at radius 3 is 2.58 bits per heavy atom. The molecule has 3 heterocycles. The lowest BCUT2D eigenvalue weighted by molar-refractivity contribution is 0.0691. The van der Waals surface area contributed by atoms with Gasteiger partial charge in [-0.05, 0) is 37.6 Å². The molecule has 0 radical (unpaired) electrons. The predicted molar refractivity (Wildman–Crippen MR) is 134 cm³/mol. The van der Waals surface area contributed by atoms with Crippen molar-refractivity contribution < 1.29 is 19.4 Å². The monoisotopic (exact) mass is 512 g/mol. The minimum absolute atomic E-state index is 0.0774. The smallest absolute Gasteiger partial charge is 0.404 e. The Morgan fingerprint density at radius 2 is 1.94 bits per heavy atom. The molecule has 0 spiro atoms. The van der Waals surface area contributed by atoms with Crippen LogP contribution in [0.2, 0.25) is 5.15 Å². The van der Waals surface area contributed by atoms with Crippen LogP contribution in [0.4, 0.5) is 16.4 Å². The van der Waals surface area contributed by atoms with Gasteiger partial charge >= 0.3 is 12.1 Å². The number of aryl methyl sites for hydroxylation is 1. The maximum Gasteiger partial charge on any atom is 0.404 e.